The number of H-pyrrole nitrogens is 1. The first-order chi connectivity index (χ1) is 12.3. The monoisotopic (exact) mass is 387 g/mol. The number of hydrogen-bond acceptors (Lipinski definition) is 6. The van der Waals surface area contributed by atoms with Crippen molar-refractivity contribution in [1.82, 2.24) is 14.9 Å². The molecule has 0 fully saturated rings. The van der Waals surface area contributed by atoms with E-state index < -0.39 is 0 Å². The number of hydrogen-bond donors (Lipinski definition) is 1. The first-order valence-electron chi connectivity index (χ1n) is 8.01. The van der Waals surface area contributed by atoms with Crippen LogP contribution >= 0.6 is 34.0 Å². The van der Waals surface area contributed by atoms with Crippen LogP contribution in [-0.4, -0.2) is 21.4 Å². The van der Waals surface area contributed by atoms with E-state index in [-0.39, 0.29) is 5.56 Å². The van der Waals surface area contributed by atoms with Crippen LogP contribution in [-0.2, 0) is 19.5 Å². The van der Waals surface area contributed by atoms with Gasteiger partial charge in [0.1, 0.15) is 10.5 Å². The molecule has 0 saturated carbocycles. The molecule has 25 heavy (non-hydrogen) atoms. The topological polar surface area (TPSA) is 49.0 Å². The molecule has 0 bridgehead atoms. The minimum Gasteiger partial charge on any atom is -0.308 e. The predicted molar refractivity (Wildman–Crippen MR) is 107 cm³/mol. The SMILES string of the molecule is O=c1[nH]c(CN(CCc2cccs2)Cc2cccs2)nc2ccsc12. The molecule has 4 nitrogen and oxygen atoms in total. The first-order valence-corrected chi connectivity index (χ1v) is 10.7. The summed E-state index contributed by atoms with van der Waals surface area (Å²) in [5.74, 6) is 0.735. The Kier molecular flexibility index (Phi) is 5.07. The third-order valence-electron chi connectivity index (χ3n) is 3.95. The maximum Gasteiger partial charge on any atom is 0.268 e. The molecule has 0 saturated heterocycles. The molecule has 0 aliphatic rings. The lowest BCUT2D eigenvalue weighted by Gasteiger charge is -2.20. The summed E-state index contributed by atoms with van der Waals surface area (Å²) in [6, 6.07) is 10.4. The fraction of sp³-hybridized carbons (Fsp3) is 0.222. The van der Waals surface area contributed by atoms with E-state index in [1.807, 2.05) is 11.4 Å². The summed E-state index contributed by atoms with van der Waals surface area (Å²) in [6.45, 7) is 2.45. The molecule has 4 aromatic heterocycles. The summed E-state index contributed by atoms with van der Waals surface area (Å²) in [5.41, 5.74) is 0.752. The summed E-state index contributed by atoms with van der Waals surface area (Å²) in [5, 5.41) is 6.13. The Bertz CT molecular complexity index is 986. The highest BCUT2D eigenvalue weighted by molar-refractivity contribution is 7.17. The van der Waals surface area contributed by atoms with Gasteiger partial charge in [-0.25, -0.2) is 4.98 Å². The molecule has 0 amide bonds. The maximum atomic E-state index is 12.2. The van der Waals surface area contributed by atoms with Crippen LogP contribution in [0.15, 0.2) is 51.3 Å². The minimum atomic E-state index is -0.0377. The average Bonchev–Trinajstić information content (AvgIpc) is 3.35. The van der Waals surface area contributed by atoms with Gasteiger partial charge in [0.25, 0.3) is 5.56 Å². The molecule has 1 N–H and O–H groups in total. The van der Waals surface area contributed by atoms with Crippen LogP contribution in [0, 0.1) is 0 Å². The molecule has 4 aromatic rings. The average molecular weight is 388 g/mol. The van der Waals surface area contributed by atoms with Gasteiger partial charge in [0.15, 0.2) is 0 Å². The van der Waals surface area contributed by atoms with Gasteiger partial charge in [0.05, 0.1) is 12.1 Å². The van der Waals surface area contributed by atoms with Crippen molar-refractivity contribution in [2.45, 2.75) is 19.5 Å². The van der Waals surface area contributed by atoms with Crippen molar-refractivity contribution < 1.29 is 0 Å². The molecule has 0 aliphatic carbocycles. The highest BCUT2D eigenvalue weighted by Gasteiger charge is 2.12. The summed E-state index contributed by atoms with van der Waals surface area (Å²) in [6.07, 6.45) is 1.01. The first kappa shape index (κ1) is 16.7. The molecule has 0 radical (unpaired) electrons. The van der Waals surface area contributed by atoms with Crippen LogP contribution in [0.5, 0.6) is 0 Å². The van der Waals surface area contributed by atoms with E-state index in [0.717, 1.165) is 30.9 Å². The number of thiophene rings is 3. The van der Waals surface area contributed by atoms with E-state index in [2.05, 4.69) is 49.9 Å². The molecule has 0 atom stereocenters. The molecule has 128 valence electrons. The fourth-order valence-corrected chi connectivity index (χ4v) is 4.94. The van der Waals surface area contributed by atoms with Gasteiger partial charge in [-0.3, -0.25) is 9.69 Å². The van der Waals surface area contributed by atoms with Crippen LogP contribution in [0.2, 0.25) is 0 Å². The Morgan fingerprint density at radius 1 is 0.960 bits per heavy atom. The molecule has 0 aliphatic heterocycles. The second kappa shape index (κ2) is 7.61. The Labute approximate surface area is 157 Å². The molecule has 0 spiro atoms. The smallest absolute Gasteiger partial charge is 0.268 e. The van der Waals surface area contributed by atoms with Crippen LogP contribution < -0.4 is 5.56 Å². The van der Waals surface area contributed by atoms with Crippen molar-refractivity contribution in [3.63, 3.8) is 0 Å². The molecule has 4 heterocycles. The molecular formula is C18H17N3OS3. The third-order valence-corrected chi connectivity index (χ3v) is 6.65. The van der Waals surface area contributed by atoms with Gasteiger partial charge < -0.3 is 4.98 Å². The number of aromatic nitrogens is 2. The molecule has 7 heteroatoms. The third kappa shape index (κ3) is 4.07. The highest BCUT2D eigenvalue weighted by atomic mass is 32.1. The van der Waals surface area contributed by atoms with Crippen molar-refractivity contribution >= 4 is 44.2 Å². The lowest BCUT2D eigenvalue weighted by atomic mass is 10.3. The van der Waals surface area contributed by atoms with E-state index in [0.29, 0.717) is 11.2 Å². The van der Waals surface area contributed by atoms with Gasteiger partial charge >= 0.3 is 0 Å². The second-order valence-corrected chi connectivity index (χ2v) is 8.75. The molecule has 0 unspecified atom stereocenters. The second-order valence-electron chi connectivity index (χ2n) is 5.77. The zero-order chi connectivity index (χ0) is 17.1. The van der Waals surface area contributed by atoms with Crippen molar-refractivity contribution in [2.24, 2.45) is 0 Å². The Balaban J connectivity index is 1.54. The van der Waals surface area contributed by atoms with Crippen molar-refractivity contribution in [1.29, 1.82) is 0 Å². The lowest BCUT2D eigenvalue weighted by Crippen LogP contribution is -2.27. The summed E-state index contributed by atoms with van der Waals surface area (Å²) < 4.78 is 0.701. The maximum absolute atomic E-state index is 12.2. The van der Waals surface area contributed by atoms with Gasteiger partial charge in [-0.1, -0.05) is 12.1 Å². The summed E-state index contributed by atoms with van der Waals surface area (Å²) in [7, 11) is 0. The van der Waals surface area contributed by atoms with Crippen LogP contribution in [0.3, 0.4) is 0 Å². The Hall–Kier alpha value is -1.80. The van der Waals surface area contributed by atoms with Crippen molar-refractivity contribution in [3.05, 3.63) is 72.4 Å². The van der Waals surface area contributed by atoms with Gasteiger partial charge in [-0.2, -0.15) is 0 Å². The van der Waals surface area contributed by atoms with Gasteiger partial charge in [0, 0.05) is 22.8 Å². The number of fused-ring (bicyclic) bond motifs is 1. The number of nitrogens with one attached hydrogen (secondary N) is 1. The summed E-state index contributed by atoms with van der Waals surface area (Å²) >= 11 is 4.99. The zero-order valence-corrected chi connectivity index (χ0v) is 15.9. The number of rotatable bonds is 7. The number of aromatic amines is 1. The quantitative estimate of drug-likeness (QED) is 0.513. The number of nitrogens with zero attached hydrogens (tertiary/aromatic N) is 2. The fourth-order valence-electron chi connectivity index (χ4n) is 2.77. The van der Waals surface area contributed by atoms with E-state index >= 15 is 0 Å². The van der Waals surface area contributed by atoms with Crippen LogP contribution in [0.25, 0.3) is 10.2 Å². The van der Waals surface area contributed by atoms with E-state index in [1.165, 1.54) is 21.1 Å². The standard InChI is InChI=1S/C18H17N3OS3/c22-18-17-15(6-10-25-17)19-16(20-18)12-21(11-14-4-2-9-24-14)7-5-13-3-1-8-23-13/h1-4,6,8-10H,5,7,11-12H2,(H,19,20,22). The molecular weight excluding hydrogens is 370 g/mol. The molecule has 0 aromatic carbocycles. The minimum absolute atomic E-state index is 0.0377. The normalized spacial score (nSPS) is 11.6. The largest absolute Gasteiger partial charge is 0.308 e. The van der Waals surface area contributed by atoms with Crippen molar-refractivity contribution in [3.8, 4) is 0 Å². The Morgan fingerprint density at radius 3 is 2.52 bits per heavy atom. The van der Waals surface area contributed by atoms with E-state index in [4.69, 9.17) is 0 Å². The van der Waals surface area contributed by atoms with Gasteiger partial charge in [-0.05, 0) is 40.8 Å². The van der Waals surface area contributed by atoms with Gasteiger partial charge in [0.2, 0.25) is 0 Å². The lowest BCUT2D eigenvalue weighted by molar-refractivity contribution is 0.256. The Morgan fingerprint density at radius 2 is 1.76 bits per heavy atom. The predicted octanol–water partition coefficient (Wildman–Crippen LogP) is 4.35. The van der Waals surface area contributed by atoms with Crippen LogP contribution in [0.4, 0.5) is 0 Å². The van der Waals surface area contributed by atoms with Gasteiger partial charge in [-0.15, -0.1) is 34.0 Å². The molecule has 4 rings (SSSR count). The summed E-state index contributed by atoms with van der Waals surface area (Å²) in [4.78, 5) is 24.8. The van der Waals surface area contributed by atoms with Crippen molar-refractivity contribution in [2.75, 3.05) is 6.54 Å². The highest BCUT2D eigenvalue weighted by Crippen LogP contribution is 2.17. The van der Waals surface area contributed by atoms with E-state index in [1.54, 1.807) is 22.7 Å². The van der Waals surface area contributed by atoms with E-state index in [9.17, 15) is 4.79 Å². The van der Waals surface area contributed by atoms with Crippen LogP contribution in [0.1, 0.15) is 15.6 Å². The zero-order valence-electron chi connectivity index (χ0n) is 13.5.